The number of aromatic carboxylic acids is 1. The topological polar surface area (TPSA) is 88.5 Å². The number of carbonyl (C=O) groups is 2. The van der Waals surface area contributed by atoms with Gasteiger partial charge < -0.3 is 15.2 Å². The Bertz CT molecular complexity index is 781. The zero-order valence-electron chi connectivity index (χ0n) is 14.0. The van der Waals surface area contributed by atoms with Crippen molar-refractivity contribution in [2.45, 2.75) is 38.7 Å². The van der Waals surface area contributed by atoms with E-state index in [4.69, 9.17) is 9.84 Å². The molecule has 2 aromatic rings. The fourth-order valence-corrected chi connectivity index (χ4v) is 2.92. The molecule has 1 aliphatic rings. The van der Waals surface area contributed by atoms with Crippen LogP contribution in [0.1, 0.15) is 52.2 Å². The number of rotatable bonds is 5. The predicted octanol–water partition coefficient (Wildman–Crippen LogP) is 3.66. The number of amides is 1. The van der Waals surface area contributed by atoms with Crippen molar-refractivity contribution in [2.75, 3.05) is 5.32 Å². The quantitative estimate of drug-likeness (QED) is 0.867. The van der Waals surface area contributed by atoms with Gasteiger partial charge in [0.2, 0.25) is 0 Å². The van der Waals surface area contributed by atoms with E-state index in [1.807, 2.05) is 12.1 Å². The van der Waals surface area contributed by atoms with Crippen LogP contribution in [0.15, 0.2) is 36.4 Å². The molecular formula is C19H20N2O4. The summed E-state index contributed by atoms with van der Waals surface area (Å²) in [7, 11) is 0. The summed E-state index contributed by atoms with van der Waals surface area (Å²) in [5.41, 5.74) is 1.20. The zero-order chi connectivity index (χ0) is 17.8. The first-order valence-electron chi connectivity index (χ1n) is 8.32. The summed E-state index contributed by atoms with van der Waals surface area (Å²) in [6.45, 7) is 1.56. The minimum absolute atomic E-state index is 0.0879. The Kier molecular flexibility index (Phi) is 4.97. The lowest BCUT2D eigenvalue weighted by molar-refractivity contribution is 0.0695. The molecule has 1 aromatic heterocycles. The van der Waals surface area contributed by atoms with Gasteiger partial charge in [0.1, 0.15) is 11.4 Å². The fraction of sp³-hybridized carbons (Fsp3) is 0.316. The lowest BCUT2D eigenvalue weighted by Gasteiger charge is -2.13. The maximum atomic E-state index is 12.3. The van der Waals surface area contributed by atoms with Gasteiger partial charge in [0, 0.05) is 5.69 Å². The number of benzene rings is 1. The first kappa shape index (κ1) is 17.0. The van der Waals surface area contributed by atoms with Crippen LogP contribution in [0.5, 0.6) is 5.75 Å². The van der Waals surface area contributed by atoms with Crippen molar-refractivity contribution in [3.63, 3.8) is 0 Å². The number of anilines is 1. The van der Waals surface area contributed by atoms with Gasteiger partial charge in [-0.05, 0) is 69.0 Å². The number of hydrogen-bond acceptors (Lipinski definition) is 4. The van der Waals surface area contributed by atoms with E-state index in [0.717, 1.165) is 18.6 Å². The first-order chi connectivity index (χ1) is 12.0. The second-order valence-corrected chi connectivity index (χ2v) is 6.14. The van der Waals surface area contributed by atoms with Gasteiger partial charge in [-0.2, -0.15) is 0 Å². The SMILES string of the molecule is Cc1nc(C(=O)Nc2ccc(OC3CCCC3)cc2)ccc1C(=O)O. The van der Waals surface area contributed by atoms with Crippen LogP contribution in [0.25, 0.3) is 0 Å². The largest absolute Gasteiger partial charge is 0.490 e. The molecular weight excluding hydrogens is 320 g/mol. The monoisotopic (exact) mass is 340 g/mol. The maximum absolute atomic E-state index is 12.3. The molecule has 0 saturated heterocycles. The Balaban J connectivity index is 1.64. The maximum Gasteiger partial charge on any atom is 0.337 e. The van der Waals surface area contributed by atoms with E-state index in [1.165, 1.54) is 25.0 Å². The number of pyridine rings is 1. The summed E-state index contributed by atoms with van der Waals surface area (Å²) in [5.74, 6) is -0.649. The Labute approximate surface area is 145 Å². The van der Waals surface area contributed by atoms with Crippen LogP contribution in [0.3, 0.4) is 0 Å². The smallest absolute Gasteiger partial charge is 0.337 e. The van der Waals surface area contributed by atoms with Crippen LogP contribution < -0.4 is 10.1 Å². The molecule has 25 heavy (non-hydrogen) atoms. The van der Waals surface area contributed by atoms with Crippen molar-refractivity contribution in [3.8, 4) is 5.75 Å². The van der Waals surface area contributed by atoms with Crippen LogP contribution in [-0.2, 0) is 0 Å². The number of nitrogens with zero attached hydrogens (tertiary/aromatic N) is 1. The summed E-state index contributed by atoms with van der Waals surface area (Å²) in [4.78, 5) is 27.3. The zero-order valence-corrected chi connectivity index (χ0v) is 14.0. The highest BCUT2D eigenvalue weighted by atomic mass is 16.5. The Morgan fingerprint density at radius 2 is 1.80 bits per heavy atom. The molecule has 0 bridgehead atoms. The van der Waals surface area contributed by atoms with E-state index in [2.05, 4.69) is 10.3 Å². The number of carboxylic acid groups (broad SMARTS) is 1. The lowest BCUT2D eigenvalue weighted by Crippen LogP contribution is -2.15. The van der Waals surface area contributed by atoms with E-state index >= 15 is 0 Å². The van der Waals surface area contributed by atoms with Crippen LogP contribution >= 0.6 is 0 Å². The predicted molar refractivity (Wildman–Crippen MR) is 93.2 cm³/mol. The summed E-state index contributed by atoms with van der Waals surface area (Å²) in [5, 5.41) is 11.8. The third kappa shape index (κ3) is 4.15. The number of hydrogen-bond donors (Lipinski definition) is 2. The average molecular weight is 340 g/mol. The second kappa shape index (κ2) is 7.34. The van der Waals surface area contributed by atoms with Crippen molar-refractivity contribution >= 4 is 17.6 Å². The number of ether oxygens (including phenoxy) is 1. The van der Waals surface area contributed by atoms with Crippen molar-refractivity contribution in [2.24, 2.45) is 0 Å². The molecule has 1 saturated carbocycles. The minimum Gasteiger partial charge on any atom is -0.490 e. The summed E-state index contributed by atoms with van der Waals surface area (Å²) >= 11 is 0. The Morgan fingerprint density at radius 3 is 2.40 bits per heavy atom. The van der Waals surface area contributed by atoms with Crippen molar-refractivity contribution in [1.29, 1.82) is 0 Å². The van der Waals surface area contributed by atoms with E-state index < -0.39 is 5.97 Å². The van der Waals surface area contributed by atoms with Crippen LogP contribution in [0.2, 0.25) is 0 Å². The fourth-order valence-electron chi connectivity index (χ4n) is 2.92. The molecule has 1 aliphatic carbocycles. The van der Waals surface area contributed by atoms with Gasteiger partial charge >= 0.3 is 5.97 Å². The molecule has 130 valence electrons. The van der Waals surface area contributed by atoms with Gasteiger partial charge in [-0.25, -0.2) is 9.78 Å². The molecule has 0 spiro atoms. The normalized spacial score (nSPS) is 14.3. The van der Waals surface area contributed by atoms with Crippen molar-refractivity contribution < 1.29 is 19.4 Å². The molecule has 1 heterocycles. The molecule has 1 aromatic carbocycles. The van der Waals surface area contributed by atoms with Crippen LogP contribution in [0.4, 0.5) is 5.69 Å². The summed E-state index contributed by atoms with van der Waals surface area (Å²) in [6.07, 6.45) is 4.91. The van der Waals surface area contributed by atoms with Crippen LogP contribution in [0, 0.1) is 6.92 Å². The number of carbonyl (C=O) groups excluding carboxylic acids is 1. The van der Waals surface area contributed by atoms with Gasteiger partial charge in [-0.1, -0.05) is 0 Å². The lowest BCUT2D eigenvalue weighted by atomic mass is 10.2. The molecule has 3 rings (SSSR count). The Morgan fingerprint density at radius 1 is 1.12 bits per heavy atom. The van der Waals surface area contributed by atoms with Gasteiger partial charge in [0.25, 0.3) is 5.91 Å². The second-order valence-electron chi connectivity index (χ2n) is 6.14. The molecule has 0 unspecified atom stereocenters. The average Bonchev–Trinajstić information content (AvgIpc) is 3.09. The van der Waals surface area contributed by atoms with Gasteiger partial charge in [-0.3, -0.25) is 4.79 Å². The van der Waals surface area contributed by atoms with E-state index in [-0.39, 0.29) is 17.2 Å². The Hall–Kier alpha value is -2.89. The summed E-state index contributed by atoms with van der Waals surface area (Å²) < 4.78 is 5.89. The van der Waals surface area contributed by atoms with Gasteiger partial charge in [-0.15, -0.1) is 0 Å². The summed E-state index contributed by atoms with van der Waals surface area (Å²) in [6, 6.07) is 10.0. The molecule has 6 heteroatoms. The highest BCUT2D eigenvalue weighted by Crippen LogP contribution is 2.25. The number of aryl methyl sites for hydroxylation is 1. The standard InChI is InChI=1S/C19H20N2O4/c1-12-16(19(23)24)10-11-17(20-12)18(22)21-13-6-8-15(9-7-13)25-14-4-2-3-5-14/h6-11,14H,2-5H2,1H3,(H,21,22)(H,23,24). The molecule has 0 radical (unpaired) electrons. The van der Waals surface area contributed by atoms with Crippen molar-refractivity contribution in [3.05, 3.63) is 53.3 Å². The minimum atomic E-state index is -1.06. The third-order valence-electron chi connectivity index (χ3n) is 4.27. The highest BCUT2D eigenvalue weighted by Gasteiger charge is 2.17. The molecule has 1 amide bonds. The molecule has 6 nitrogen and oxygen atoms in total. The van der Waals surface area contributed by atoms with Gasteiger partial charge in [0.05, 0.1) is 17.4 Å². The van der Waals surface area contributed by atoms with Crippen molar-refractivity contribution in [1.82, 2.24) is 4.98 Å². The van der Waals surface area contributed by atoms with Crippen LogP contribution in [-0.4, -0.2) is 28.1 Å². The van der Waals surface area contributed by atoms with E-state index in [0.29, 0.717) is 17.5 Å². The van der Waals surface area contributed by atoms with E-state index in [9.17, 15) is 9.59 Å². The van der Waals surface area contributed by atoms with Gasteiger partial charge in [0.15, 0.2) is 0 Å². The first-order valence-corrected chi connectivity index (χ1v) is 8.32. The van der Waals surface area contributed by atoms with E-state index in [1.54, 1.807) is 19.1 Å². The molecule has 0 aliphatic heterocycles. The number of aromatic nitrogens is 1. The third-order valence-corrected chi connectivity index (χ3v) is 4.27. The highest BCUT2D eigenvalue weighted by molar-refractivity contribution is 6.03. The molecule has 1 fully saturated rings. The number of nitrogens with one attached hydrogen (secondary N) is 1. The number of carboxylic acids is 1. The molecule has 2 N–H and O–H groups in total. The molecule has 0 atom stereocenters.